The van der Waals surface area contributed by atoms with E-state index in [1.54, 1.807) is 12.1 Å². The summed E-state index contributed by atoms with van der Waals surface area (Å²) in [6, 6.07) is 10.7. The molecule has 0 bridgehead atoms. The minimum absolute atomic E-state index is 0.251. The summed E-state index contributed by atoms with van der Waals surface area (Å²) in [7, 11) is -4.50. The van der Waals surface area contributed by atoms with Gasteiger partial charge >= 0.3 is 5.97 Å². The van der Waals surface area contributed by atoms with Crippen molar-refractivity contribution in [2.45, 2.75) is 29.9 Å². The second kappa shape index (κ2) is 8.89. The molecule has 2 heterocycles. The lowest BCUT2D eigenvalue weighted by Gasteiger charge is -2.23. The first-order valence-corrected chi connectivity index (χ1v) is 11.6. The number of nitro benzene ring substituents is 1. The van der Waals surface area contributed by atoms with Crippen LogP contribution in [-0.2, 0) is 30.8 Å². The van der Waals surface area contributed by atoms with Crippen molar-refractivity contribution in [3.8, 4) is 0 Å². The first kappa shape index (κ1) is 22.8. The van der Waals surface area contributed by atoms with Crippen LogP contribution in [0.1, 0.15) is 12.0 Å². The van der Waals surface area contributed by atoms with E-state index in [0.29, 0.717) is 17.3 Å². The molecule has 2 atom stereocenters. The highest BCUT2D eigenvalue weighted by Crippen LogP contribution is 2.32. The monoisotopic (exact) mass is 475 g/mol. The Morgan fingerprint density at radius 2 is 1.85 bits per heavy atom. The van der Waals surface area contributed by atoms with Gasteiger partial charge in [0.2, 0.25) is 0 Å². The van der Waals surface area contributed by atoms with Gasteiger partial charge in [-0.05, 0) is 24.1 Å². The third kappa shape index (κ3) is 4.32. The van der Waals surface area contributed by atoms with Crippen molar-refractivity contribution >= 4 is 33.3 Å². The number of rotatable bonds is 6. The third-order valence-electron chi connectivity index (χ3n) is 5.68. The highest BCUT2D eigenvalue weighted by atomic mass is 32.2. The quantitative estimate of drug-likeness (QED) is 0.367. The number of ether oxygens (including phenoxy) is 1. The van der Waals surface area contributed by atoms with Crippen LogP contribution in [-0.4, -0.2) is 66.5 Å². The lowest BCUT2D eigenvalue weighted by Crippen LogP contribution is -2.43. The molecule has 1 unspecified atom stereocenters. The minimum Gasteiger partial charge on any atom is -0.454 e. The number of fused-ring (bicyclic) bond motifs is 1. The maximum absolute atomic E-state index is 13.1. The predicted octanol–water partition coefficient (Wildman–Crippen LogP) is 0.851. The fourth-order valence-corrected chi connectivity index (χ4v) is 5.91. The number of carbonyl (C=O) groups excluding carboxylic acids is 2. The average molecular weight is 475 g/mol. The number of para-hydroxylation sites is 2. The van der Waals surface area contributed by atoms with Gasteiger partial charge in [-0.1, -0.05) is 30.3 Å². The summed E-state index contributed by atoms with van der Waals surface area (Å²) in [6.45, 7) is -0.587. The summed E-state index contributed by atoms with van der Waals surface area (Å²) >= 11 is 0. The van der Waals surface area contributed by atoms with Gasteiger partial charge in [0.25, 0.3) is 21.6 Å². The Balaban J connectivity index is 1.49. The topological polar surface area (TPSA) is 147 Å². The molecule has 2 aromatic carbocycles. The minimum atomic E-state index is -4.50. The zero-order valence-electron chi connectivity index (χ0n) is 17.4. The predicted molar refractivity (Wildman–Crippen MR) is 115 cm³/mol. The van der Waals surface area contributed by atoms with Gasteiger partial charge in [-0.15, -0.1) is 0 Å². The second-order valence-electron chi connectivity index (χ2n) is 7.74. The van der Waals surface area contributed by atoms with Gasteiger partial charge in [0.15, 0.2) is 11.5 Å². The molecule has 33 heavy (non-hydrogen) atoms. The molecule has 11 nitrogen and oxygen atoms in total. The van der Waals surface area contributed by atoms with Crippen molar-refractivity contribution in [3.63, 3.8) is 0 Å². The Morgan fingerprint density at radius 1 is 1.15 bits per heavy atom. The number of benzene rings is 2. The number of aliphatic hydroxyl groups is 1. The van der Waals surface area contributed by atoms with E-state index in [4.69, 9.17) is 4.74 Å². The molecule has 2 aromatic rings. The fraction of sp³-hybridized carbons (Fsp3) is 0.333. The maximum atomic E-state index is 13.1. The lowest BCUT2D eigenvalue weighted by molar-refractivity contribution is -0.387. The smallest absolute Gasteiger partial charge is 0.325 e. The third-order valence-corrected chi connectivity index (χ3v) is 7.60. The molecule has 1 N–H and O–H groups in total. The van der Waals surface area contributed by atoms with E-state index in [0.717, 1.165) is 23.4 Å². The molecular formula is C21H21N3O8S. The van der Waals surface area contributed by atoms with E-state index >= 15 is 0 Å². The summed E-state index contributed by atoms with van der Waals surface area (Å²) in [5, 5.41) is 21.3. The van der Waals surface area contributed by atoms with Crippen LogP contribution in [0.4, 0.5) is 11.4 Å². The van der Waals surface area contributed by atoms with Crippen molar-refractivity contribution in [2.24, 2.45) is 0 Å². The summed E-state index contributed by atoms with van der Waals surface area (Å²) in [5.74, 6) is -1.46. The van der Waals surface area contributed by atoms with Gasteiger partial charge < -0.3 is 14.7 Å². The molecule has 0 spiro atoms. The van der Waals surface area contributed by atoms with Gasteiger partial charge in [-0.25, -0.2) is 8.42 Å². The zero-order valence-corrected chi connectivity index (χ0v) is 18.2. The number of anilines is 1. The number of nitrogens with zero attached hydrogens (tertiary/aromatic N) is 3. The SMILES string of the molecule is O=C(OCC(=O)N1CCc2ccccc21)[C@@H]1CC(O)CN1S(=O)(=O)c1ccccc1[N+](=O)[O-]. The van der Waals surface area contributed by atoms with Gasteiger partial charge in [-0.2, -0.15) is 4.31 Å². The number of aliphatic hydroxyl groups excluding tert-OH is 1. The molecule has 0 aliphatic carbocycles. The Kier molecular flexibility index (Phi) is 6.15. The first-order chi connectivity index (χ1) is 15.7. The molecule has 0 saturated carbocycles. The van der Waals surface area contributed by atoms with Crippen LogP contribution in [0.2, 0.25) is 0 Å². The van der Waals surface area contributed by atoms with E-state index in [2.05, 4.69) is 0 Å². The number of hydrogen-bond acceptors (Lipinski definition) is 8. The lowest BCUT2D eigenvalue weighted by atomic mass is 10.2. The molecule has 12 heteroatoms. The van der Waals surface area contributed by atoms with E-state index < -0.39 is 62.7 Å². The molecule has 1 amide bonds. The number of β-amino-alcohol motifs (C(OH)–C–C–N with tert-alkyl or cyclic N) is 1. The highest BCUT2D eigenvalue weighted by Gasteiger charge is 2.46. The molecule has 0 radical (unpaired) electrons. The standard InChI is InChI=1S/C21H21N3O8S/c25-15-11-18(23(12-15)33(30,31)19-8-4-3-7-17(19)24(28)29)21(27)32-13-20(26)22-10-9-14-5-1-2-6-16(14)22/h1-8,15,18,25H,9-13H2/t15?,18-/m0/s1. The van der Waals surface area contributed by atoms with Crippen molar-refractivity contribution in [1.29, 1.82) is 0 Å². The molecule has 0 aromatic heterocycles. The Labute approximate surface area is 189 Å². The van der Waals surface area contributed by atoms with Crippen LogP contribution >= 0.6 is 0 Å². The summed E-state index contributed by atoms with van der Waals surface area (Å²) in [4.78, 5) is 36.7. The van der Waals surface area contributed by atoms with E-state index in [-0.39, 0.29) is 6.42 Å². The number of esters is 1. The van der Waals surface area contributed by atoms with Crippen molar-refractivity contribution in [3.05, 3.63) is 64.2 Å². The highest BCUT2D eigenvalue weighted by molar-refractivity contribution is 7.89. The van der Waals surface area contributed by atoms with Gasteiger partial charge in [0, 0.05) is 31.3 Å². The molecule has 2 aliphatic rings. The van der Waals surface area contributed by atoms with Crippen LogP contribution in [0.15, 0.2) is 53.4 Å². The number of sulfonamides is 1. The van der Waals surface area contributed by atoms with E-state index in [1.807, 2.05) is 12.1 Å². The number of carbonyl (C=O) groups is 2. The van der Waals surface area contributed by atoms with Gasteiger partial charge in [0.05, 0.1) is 11.0 Å². The molecular weight excluding hydrogens is 454 g/mol. The second-order valence-corrected chi connectivity index (χ2v) is 9.60. The summed E-state index contributed by atoms with van der Waals surface area (Å²) in [6.07, 6.45) is -0.743. The maximum Gasteiger partial charge on any atom is 0.325 e. The number of hydrogen-bond donors (Lipinski definition) is 1. The van der Waals surface area contributed by atoms with Crippen LogP contribution < -0.4 is 4.90 Å². The number of amides is 1. The van der Waals surface area contributed by atoms with Crippen LogP contribution in [0.3, 0.4) is 0 Å². The van der Waals surface area contributed by atoms with Crippen molar-refractivity contribution in [2.75, 3.05) is 24.6 Å². The van der Waals surface area contributed by atoms with Gasteiger partial charge in [0.1, 0.15) is 6.04 Å². The largest absolute Gasteiger partial charge is 0.454 e. The molecule has 1 fully saturated rings. The summed E-state index contributed by atoms with van der Waals surface area (Å²) < 4.78 is 32.1. The molecule has 2 aliphatic heterocycles. The van der Waals surface area contributed by atoms with Crippen molar-refractivity contribution in [1.82, 2.24) is 4.31 Å². The van der Waals surface area contributed by atoms with Crippen molar-refractivity contribution < 1.29 is 32.8 Å². The molecule has 1 saturated heterocycles. The van der Waals surface area contributed by atoms with E-state index in [9.17, 15) is 33.2 Å². The Bertz CT molecular complexity index is 1220. The fourth-order valence-electron chi connectivity index (χ4n) is 4.12. The first-order valence-electron chi connectivity index (χ1n) is 10.2. The average Bonchev–Trinajstić information content (AvgIpc) is 3.41. The van der Waals surface area contributed by atoms with Gasteiger partial charge in [-0.3, -0.25) is 19.7 Å². The Morgan fingerprint density at radius 3 is 2.61 bits per heavy atom. The molecule has 174 valence electrons. The van der Waals surface area contributed by atoms with Crippen LogP contribution in [0.5, 0.6) is 0 Å². The zero-order chi connectivity index (χ0) is 23.8. The Hall–Kier alpha value is -3.35. The normalized spacial score (nSPS) is 20.5. The number of nitro groups is 1. The van der Waals surface area contributed by atoms with Crippen LogP contribution in [0, 0.1) is 10.1 Å². The molecule has 4 rings (SSSR count). The van der Waals surface area contributed by atoms with E-state index in [1.165, 1.54) is 17.0 Å². The van der Waals surface area contributed by atoms with Crippen LogP contribution in [0.25, 0.3) is 0 Å². The summed E-state index contributed by atoms with van der Waals surface area (Å²) in [5.41, 5.74) is 1.09.